The Balaban J connectivity index is 2.30. The summed E-state index contributed by atoms with van der Waals surface area (Å²) in [5.74, 6) is 1.62. The first-order valence-electron chi connectivity index (χ1n) is 5.84. The molecule has 0 radical (unpaired) electrons. The minimum atomic E-state index is 0.510. The van der Waals surface area contributed by atoms with Gasteiger partial charge in [-0.3, -0.25) is 0 Å². The maximum atomic E-state index is 5.99. The van der Waals surface area contributed by atoms with Crippen LogP contribution in [0.1, 0.15) is 16.7 Å². The van der Waals surface area contributed by atoms with Crippen molar-refractivity contribution in [3.05, 3.63) is 58.1 Å². The summed E-state index contributed by atoms with van der Waals surface area (Å²) >= 11 is 5.99. The third kappa shape index (κ3) is 2.84. The van der Waals surface area contributed by atoms with Crippen molar-refractivity contribution in [3.63, 3.8) is 0 Å². The molecule has 0 aromatic heterocycles. The second-order valence-electron chi connectivity index (χ2n) is 4.32. The van der Waals surface area contributed by atoms with Crippen molar-refractivity contribution in [1.82, 2.24) is 0 Å². The summed E-state index contributed by atoms with van der Waals surface area (Å²) < 4.78 is 5.87. The van der Waals surface area contributed by atoms with E-state index in [9.17, 15) is 0 Å². The monoisotopic (exact) mass is 261 g/mol. The van der Waals surface area contributed by atoms with Crippen molar-refractivity contribution in [2.24, 2.45) is 5.73 Å². The van der Waals surface area contributed by atoms with E-state index in [1.807, 2.05) is 50.2 Å². The van der Waals surface area contributed by atoms with Crippen molar-refractivity contribution >= 4 is 11.6 Å². The van der Waals surface area contributed by atoms with Gasteiger partial charge >= 0.3 is 0 Å². The molecule has 0 saturated heterocycles. The Morgan fingerprint density at radius 3 is 2.50 bits per heavy atom. The van der Waals surface area contributed by atoms with Gasteiger partial charge in [0.1, 0.15) is 11.5 Å². The van der Waals surface area contributed by atoms with Gasteiger partial charge in [-0.25, -0.2) is 0 Å². The summed E-state index contributed by atoms with van der Waals surface area (Å²) in [6.07, 6.45) is 0. The average Bonchev–Trinajstić information content (AvgIpc) is 2.36. The van der Waals surface area contributed by atoms with E-state index in [1.54, 1.807) is 0 Å². The molecule has 2 rings (SSSR count). The molecule has 0 bridgehead atoms. The first kappa shape index (κ1) is 12.9. The van der Waals surface area contributed by atoms with Gasteiger partial charge in [0.15, 0.2) is 0 Å². The second-order valence-corrected chi connectivity index (χ2v) is 4.72. The topological polar surface area (TPSA) is 35.2 Å². The van der Waals surface area contributed by atoms with Crippen molar-refractivity contribution in [2.45, 2.75) is 20.4 Å². The highest BCUT2D eigenvalue weighted by Crippen LogP contribution is 2.28. The van der Waals surface area contributed by atoms with Gasteiger partial charge < -0.3 is 10.5 Å². The molecule has 0 aliphatic heterocycles. The van der Waals surface area contributed by atoms with Gasteiger partial charge in [-0.1, -0.05) is 23.7 Å². The lowest BCUT2D eigenvalue weighted by Crippen LogP contribution is -1.97. The van der Waals surface area contributed by atoms with Crippen LogP contribution < -0.4 is 10.5 Å². The Kier molecular flexibility index (Phi) is 3.90. The first-order valence-corrected chi connectivity index (χ1v) is 6.21. The predicted octanol–water partition coefficient (Wildman–Crippen LogP) is 4.21. The van der Waals surface area contributed by atoms with Crippen molar-refractivity contribution in [3.8, 4) is 11.5 Å². The molecule has 2 aromatic rings. The SMILES string of the molecule is Cc1cc(Oc2cc(CN)ccc2C)ccc1Cl. The summed E-state index contributed by atoms with van der Waals surface area (Å²) in [5, 5.41) is 0.745. The molecule has 2 aromatic carbocycles. The number of hydrogen-bond donors (Lipinski definition) is 1. The molecule has 2 nitrogen and oxygen atoms in total. The number of benzene rings is 2. The van der Waals surface area contributed by atoms with E-state index in [-0.39, 0.29) is 0 Å². The average molecular weight is 262 g/mol. The standard InChI is InChI=1S/C15H16ClNO/c1-10-3-4-12(9-17)8-15(10)18-13-5-6-14(16)11(2)7-13/h3-8H,9,17H2,1-2H3. The molecule has 0 aliphatic carbocycles. The molecule has 2 N–H and O–H groups in total. The van der Waals surface area contributed by atoms with Crippen LogP contribution in [0, 0.1) is 13.8 Å². The maximum absolute atomic E-state index is 5.99. The van der Waals surface area contributed by atoms with Crippen LogP contribution >= 0.6 is 11.6 Å². The number of ether oxygens (including phenoxy) is 1. The lowest BCUT2D eigenvalue weighted by molar-refractivity contribution is 0.478. The van der Waals surface area contributed by atoms with E-state index < -0.39 is 0 Å². The largest absolute Gasteiger partial charge is 0.457 e. The summed E-state index contributed by atoms with van der Waals surface area (Å²) in [7, 11) is 0. The van der Waals surface area contributed by atoms with Crippen LogP contribution in [0.2, 0.25) is 5.02 Å². The van der Waals surface area contributed by atoms with Gasteiger partial charge in [-0.15, -0.1) is 0 Å². The lowest BCUT2D eigenvalue weighted by atomic mass is 10.1. The molecular weight excluding hydrogens is 246 g/mol. The highest BCUT2D eigenvalue weighted by atomic mass is 35.5. The normalized spacial score (nSPS) is 10.4. The van der Waals surface area contributed by atoms with Crippen molar-refractivity contribution in [2.75, 3.05) is 0 Å². The number of nitrogens with two attached hydrogens (primary N) is 1. The van der Waals surface area contributed by atoms with E-state index in [4.69, 9.17) is 22.1 Å². The van der Waals surface area contributed by atoms with E-state index in [2.05, 4.69) is 0 Å². The van der Waals surface area contributed by atoms with Gasteiger partial charge in [-0.05, 0) is 54.8 Å². The van der Waals surface area contributed by atoms with Gasteiger partial charge in [0, 0.05) is 11.6 Å². The second kappa shape index (κ2) is 5.42. The fraction of sp³-hybridized carbons (Fsp3) is 0.200. The van der Waals surface area contributed by atoms with Crippen LogP contribution in [0.25, 0.3) is 0 Å². The van der Waals surface area contributed by atoms with Crippen LogP contribution in [0.3, 0.4) is 0 Å². The molecular formula is C15H16ClNO. The van der Waals surface area contributed by atoms with E-state index in [0.29, 0.717) is 6.54 Å². The van der Waals surface area contributed by atoms with Crippen molar-refractivity contribution < 1.29 is 4.74 Å². The zero-order valence-electron chi connectivity index (χ0n) is 10.5. The number of aryl methyl sites for hydroxylation is 2. The quantitative estimate of drug-likeness (QED) is 0.898. The molecule has 0 heterocycles. The summed E-state index contributed by atoms with van der Waals surface area (Å²) in [6, 6.07) is 11.6. The van der Waals surface area contributed by atoms with E-state index in [0.717, 1.165) is 33.2 Å². The third-order valence-corrected chi connectivity index (χ3v) is 3.27. The molecule has 0 fully saturated rings. The predicted molar refractivity (Wildman–Crippen MR) is 75.3 cm³/mol. The van der Waals surface area contributed by atoms with Crippen LogP contribution in [0.4, 0.5) is 0 Å². The van der Waals surface area contributed by atoms with Gasteiger partial charge in [0.2, 0.25) is 0 Å². The number of halogens is 1. The van der Waals surface area contributed by atoms with E-state index >= 15 is 0 Å². The van der Waals surface area contributed by atoms with Gasteiger partial charge in [0.05, 0.1) is 0 Å². The molecule has 0 atom stereocenters. The summed E-state index contributed by atoms with van der Waals surface area (Å²) in [6.45, 7) is 4.48. The van der Waals surface area contributed by atoms with E-state index in [1.165, 1.54) is 0 Å². The molecule has 0 amide bonds. The molecule has 18 heavy (non-hydrogen) atoms. The Morgan fingerprint density at radius 2 is 1.83 bits per heavy atom. The Morgan fingerprint density at radius 1 is 1.06 bits per heavy atom. The lowest BCUT2D eigenvalue weighted by Gasteiger charge is -2.11. The Hall–Kier alpha value is -1.51. The Bertz CT molecular complexity index is 566. The third-order valence-electron chi connectivity index (χ3n) is 2.85. The van der Waals surface area contributed by atoms with Crippen LogP contribution in [0.15, 0.2) is 36.4 Å². The zero-order valence-corrected chi connectivity index (χ0v) is 11.3. The highest BCUT2D eigenvalue weighted by molar-refractivity contribution is 6.31. The smallest absolute Gasteiger partial charge is 0.130 e. The highest BCUT2D eigenvalue weighted by Gasteiger charge is 2.04. The van der Waals surface area contributed by atoms with Crippen LogP contribution in [0.5, 0.6) is 11.5 Å². The fourth-order valence-electron chi connectivity index (χ4n) is 1.69. The zero-order chi connectivity index (χ0) is 13.1. The number of hydrogen-bond acceptors (Lipinski definition) is 2. The minimum absolute atomic E-state index is 0.510. The Labute approximate surface area is 112 Å². The molecule has 94 valence electrons. The molecule has 0 saturated carbocycles. The molecule has 3 heteroatoms. The van der Waals surface area contributed by atoms with Crippen LogP contribution in [-0.4, -0.2) is 0 Å². The number of rotatable bonds is 3. The molecule has 0 aliphatic rings. The molecule has 0 unspecified atom stereocenters. The van der Waals surface area contributed by atoms with Gasteiger partial charge in [0.25, 0.3) is 0 Å². The van der Waals surface area contributed by atoms with Crippen molar-refractivity contribution in [1.29, 1.82) is 0 Å². The van der Waals surface area contributed by atoms with Gasteiger partial charge in [-0.2, -0.15) is 0 Å². The maximum Gasteiger partial charge on any atom is 0.130 e. The minimum Gasteiger partial charge on any atom is -0.457 e. The summed E-state index contributed by atoms with van der Waals surface area (Å²) in [4.78, 5) is 0. The van der Waals surface area contributed by atoms with Crippen LogP contribution in [-0.2, 0) is 6.54 Å². The molecule has 0 spiro atoms. The summed E-state index contributed by atoms with van der Waals surface area (Å²) in [5.41, 5.74) is 8.77. The first-order chi connectivity index (χ1) is 8.60. The fourth-order valence-corrected chi connectivity index (χ4v) is 1.81.